The van der Waals surface area contributed by atoms with Crippen molar-refractivity contribution in [2.24, 2.45) is 0 Å². The highest BCUT2D eigenvalue weighted by atomic mass is 35.5. The predicted molar refractivity (Wildman–Crippen MR) is 133 cm³/mol. The van der Waals surface area contributed by atoms with Gasteiger partial charge in [0, 0.05) is 34.8 Å². The van der Waals surface area contributed by atoms with Crippen molar-refractivity contribution in [3.63, 3.8) is 0 Å². The molecule has 3 heterocycles. The second-order valence-corrected chi connectivity index (χ2v) is 9.72. The van der Waals surface area contributed by atoms with Gasteiger partial charge in [0.15, 0.2) is 5.78 Å². The maximum absolute atomic E-state index is 12.8. The van der Waals surface area contributed by atoms with Crippen LogP contribution in [0.2, 0.25) is 5.02 Å². The molecule has 1 atom stereocenters. The normalized spacial score (nSPS) is 14.5. The third-order valence-corrected chi connectivity index (χ3v) is 7.19. The van der Waals surface area contributed by atoms with Gasteiger partial charge in [-0.05, 0) is 60.5 Å². The molecule has 8 heteroatoms. The zero-order valence-electron chi connectivity index (χ0n) is 18.5. The standard InChI is InChI=1S/C26H22ClN3O3S/c1-16(31)23-6-7-24(34-23)19-11-20-12-21(33-25(20)22(27)13-19)14-28-26(32)18-5-2-4-17(10-18)15-30-9-3-8-29-30/h2-11,13,21H,12,14-15H2,1H3,(H,28,32). The number of Topliss-reactive ketones (excluding diaryl/α,β-unsaturated/α-hetero) is 1. The number of ether oxygens (including phenoxy) is 1. The Labute approximate surface area is 206 Å². The number of fused-ring (bicyclic) bond motifs is 1. The molecule has 34 heavy (non-hydrogen) atoms. The Balaban J connectivity index is 1.23. The number of nitrogens with zero attached hydrogens (tertiary/aromatic N) is 2. The molecule has 0 aliphatic carbocycles. The van der Waals surface area contributed by atoms with Gasteiger partial charge in [-0.1, -0.05) is 23.7 Å². The van der Waals surface area contributed by atoms with Gasteiger partial charge >= 0.3 is 0 Å². The number of amides is 1. The monoisotopic (exact) mass is 491 g/mol. The molecule has 1 aliphatic rings. The molecule has 4 aromatic rings. The van der Waals surface area contributed by atoms with Gasteiger partial charge in [-0.3, -0.25) is 14.3 Å². The number of rotatable bonds is 7. The molecule has 0 radical (unpaired) electrons. The molecule has 172 valence electrons. The molecule has 0 fully saturated rings. The van der Waals surface area contributed by atoms with Crippen LogP contribution in [0.25, 0.3) is 10.4 Å². The van der Waals surface area contributed by atoms with Crippen LogP contribution >= 0.6 is 22.9 Å². The largest absolute Gasteiger partial charge is 0.486 e. The summed E-state index contributed by atoms with van der Waals surface area (Å²) in [7, 11) is 0. The molecule has 1 unspecified atom stereocenters. The van der Waals surface area contributed by atoms with Crippen LogP contribution in [-0.2, 0) is 13.0 Å². The van der Waals surface area contributed by atoms with E-state index in [1.807, 2.05) is 53.3 Å². The van der Waals surface area contributed by atoms with Crippen LogP contribution in [-0.4, -0.2) is 34.1 Å². The molecular formula is C26H22ClN3O3S. The van der Waals surface area contributed by atoms with E-state index in [2.05, 4.69) is 16.5 Å². The van der Waals surface area contributed by atoms with E-state index in [1.54, 1.807) is 19.2 Å². The summed E-state index contributed by atoms with van der Waals surface area (Å²) < 4.78 is 7.86. The van der Waals surface area contributed by atoms with Crippen molar-refractivity contribution < 1.29 is 14.3 Å². The SMILES string of the molecule is CC(=O)c1ccc(-c2cc(Cl)c3c(c2)CC(CNC(=O)c2cccc(Cn4cccn4)c2)O3)s1. The first kappa shape index (κ1) is 22.4. The van der Waals surface area contributed by atoms with Crippen molar-refractivity contribution >= 4 is 34.6 Å². The number of benzene rings is 2. The van der Waals surface area contributed by atoms with E-state index in [-0.39, 0.29) is 17.8 Å². The lowest BCUT2D eigenvalue weighted by atomic mass is 10.1. The molecule has 0 bridgehead atoms. The number of hydrogen-bond donors (Lipinski definition) is 1. The van der Waals surface area contributed by atoms with Gasteiger partial charge in [0.2, 0.25) is 0 Å². The first-order chi connectivity index (χ1) is 16.5. The van der Waals surface area contributed by atoms with E-state index in [1.165, 1.54) is 11.3 Å². The second kappa shape index (κ2) is 9.44. The molecule has 2 aromatic heterocycles. The summed E-state index contributed by atoms with van der Waals surface area (Å²) in [6.07, 6.45) is 4.07. The van der Waals surface area contributed by atoms with Crippen LogP contribution in [0.15, 0.2) is 67.0 Å². The Morgan fingerprint density at radius 3 is 2.85 bits per heavy atom. The molecule has 1 amide bonds. The Bertz CT molecular complexity index is 1360. The second-order valence-electron chi connectivity index (χ2n) is 8.22. The number of halogens is 1. The summed E-state index contributed by atoms with van der Waals surface area (Å²) in [5, 5.41) is 7.72. The van der Waals surface area contributed by atoms with Crippen LogP contribution < -0.4 is 10.1 Å². The molecule has 5 rings (SSSR count). The van der Waals surface area contributed by atoms with Crippen LogP contribution in [0.3, 0.4) is 0 Å². The number of nitrogens with one attached hydrogen (secondary N) is 1. The maximum atomic E-state index is 12.8. The van der Waals surface area contributed by atoms with Gasteiger partial charge in [-0.25, -0.2) is 0 Å². The highest BCUT2D eigenvalue weighted by Crippen LogP contribution is 2.41. The van der Waals surface area contributed by atoms with Crippen molar-refractivity contribution in [3.05, 3.63) is 93.6 Å². The number of aromatic nitrogens is 2. The number of ketones is 1. The van der Waals surface area contributed by atoms with Crippen LogP contribution in [0.1, 0.15) is 38.1 Å². The molecule has 6 nitrogen and oxygen atoms in total. The fraction of sp³-hybridized carbons (Fsp3) is 0.192. The van der Waals surface area contributed by atoms with Crippen molar-refractivity contribution in [1.82, 2.24) is 15.1 Å². The van der Waals surface area contributed by atoms with Gasteiger partial charge in [0.1, 0.15) is 11.9 Å². The zero-order chi connectivity index (χ0) is 23.7. The zero-order valence-corrected chi connectivity index (χ0v) is 20.0. The van der Waals surface area contributed by atoms with E-state index in [0.29, 0.717) is 35.8 Å². The average Bonchev–Trinajstić information content (AvgIpc) is 3.58. The maximum Gasteiger partial charge on any atom is 0.251 e. The van der Waals surface area contributed by atoms with Gasteiger partial charge in [0.25, 0.3) is 5.91 Å². The summed E-state index contributed by atoms with van der Waals surface area (Å²) in [5.74, 6) is 0.563. The smallest absolute Gasteiger partial charge is 0.251 e. The van der Waals surface area contributed by atoms with E-state index < -0.39 is 0 Å². The van der Waals surface area contributed by atoms with Gasteiger partial charge in [0.05, 0.1) is 23.0 Å². The van der Waals surface area contributed by atoms with E-state index in [0.717, 1.165) is 26.4 Å². The highest BCUT2D eigenvalue weighted by molar-refractivity contribution is 7.17. The molecule has 0 saturated heterocycles. The third-order valence-electron chi connectivity index (χ3n) is 5.67. The summed E-state index contributed by atoms with van der Waals surface area (Å²) >= 11 is 7.96. The van der Waals surface area contributed by atoms with Gasteiger partial charge in [-0.15, -0.1) is 11.3 Å². The molecule has 1 N–H and O–H groups in total. The minimum atomic E-state index is -0.199. The predicted octanol–water partition coefficient (Wildman–Crippen LogP) is 5.25. The minimum absolute atomic E-state index is 0.0505. The van der Waals surface area contributed by atoms with Crippen LogP contribution in [0.5, 0.6) is 5.75 Å². The Hall–Kier alpha value is -3.42. The minimum Gasteiger partial charge on any atom is -0.486 e. The molecule has 0 saturated carbocycles. The van der Waals surface area contributed by atoms with E-state index in [4.69, 9.17) is 16.3 Å². The van der Waals surface area contributed by atoms with Gasteiger partial charge in [-0.2, -0.15) is 5.10 Å². The summed E-state index contributed by atoms with van der Waals surface area (Å²) in [5.41, 5.74) is 3.56. The highest BCUT2D eigenvalue weighted by Gasteiger charge is 2.27. The van der Waals surface area contributed by atoms with E-state index in [9.17, 15) is 9.59 Å². The first-order valence-corrected chi connectivity index (χ1v) is 12.1. The summed E-state index contributed by atoms with van der Waals surface area (Å²) in [6, 6.07) is 17.1. The molecule has 2 aromatic carbocycles. The number of hydrogen-bond acceptors (Lipinski definition) is 5. The topological polar surface area (TPSA) is 73.2 Å². The van der Waals surface area contributed by atoms with Crippen molar-refractivity contribution in [2.75, 3.05) is 6.54 Å². The fourth-order valence-electron chi connectivity index (χ4n) is 4.03. The van der Waals surface area contributed by atoms with Crippen molar-refractivity contribution in [1.29, 1.82) is 0 Å². The lowest BCUT2D eigenvalue weighted by Crippen LogP contribution is -2.34. The first-order valence-electron chi connectivity index (χ1n) is 10.9. The fourth-order valence-corrected chi connectivity index (χ4v) is 5.20. The molecule has 1 aliphatic heterocycles. The quantitative estimate of drug-likeness (QED) is 0.358. The lowest BCUT2D eigenvalue weighted by molar-refractivity contribution is 0.0932. The van der Waals surface area contributed by atoms with Crippen molar-refractivity contribution in [2.45, 2.75) is 26.0 Å². The summed E-state index contributed by atoms with van der Waals surface area (Å²) in [4.78, 5) is 26.1. The Kier molecular flexibility index (Phi) is 6.22. The summed E-state index contributed by atoms with van der Waals surface area (Å²) in [6.45, 7) is 2.54. The van der Waals surface area contributed by atoms with Gasteiger partial charge < -0.3 is 10.1 Å². The lowest BCUT2D eigenvalue weighted by Gasteiger charge is -2.13. The van der Waals surface area contributed by atoms with Crippen molar-refractivity contribution in [3.8, 4) is 16.2 Å². The molecule has 0 spiro atoms. The Morgan fingerprint density at radius 2 is 2.09 bits per heavy atom. The van der Waals surface area contributed by atoms with E-state index >= 15 is 0 Å². The third kappa shape index (κ3) is 4.76. The van der Waals surface area contributed by atoms with Crippen LogP contribution in [0.4, 0.5) is 0 Å². The average molecular weight is 492 g/mol. The molecular weight excluding hydrogens is 470 g/mol. The number of carbonyl (C=O) groups excluding carboxylic acids is 2. The number of carbonyl (C=O) groups is 2. The number of thiophene rings is 1. The Morgan fingerprint density at radius 1 is 1.21 bits per heavy atom. The van der Waals surface area contributed by atoms with Crippen LogP contribution in [0, 0.1) is 0 Å².